The van der Waals surface area contributed by atoms with Crippen molar-refractivity contribution >= 4 is 34.6 Å². The van der Waals surface area contributed by atoms with Crippen LogP contribution >= 0.6 is 11.3 Å². The first-order valence-corrected chi connectivity index (χ1v) is 12.5. The molecule has 6 rings (SSSR count). The van der Waals surface area contributed by atoms with Gasteiger partial charge in [0, 0.05) is 18.1 Å². The van der Waals surface area contributed by atoms with Crippen LogP contribution in [0.5, 0.6) is 0 Å². The molecule has 0 unspecified atom stereocenters. The highest BCUT2D eigenvalue weighted by Gasteiger charge is 2.39. The molecular weight excluding hydrogens is 474 g/mol. The number of anilines is 2. The molecule has 0 radical (unpaired) electrons. The number of carbonyl (C=O) groups is 1. The van der Waals surface area contributed by atoms with Crippen molar-refractivity contribution in [1.29, 1.82) is 0 Å². The number of thiazole rings is 1. The largest absolute Gasteiger partial charge is 0.478 e. The molecule has 3 heterocycles. The van der Waals surface area contributed by atoms with Gasteiger partial charge in [-0.3, -0.25) is 0 Å². The molecule has 0 aliphatic heterocycles. The molecule has 36 heavy (non-hydrogen) atoms. The number of benzene rings is 2. The highest BCUT2D eigenvalue weighted by atomic mass is 32.1. The van der Waals surface area contributed by atoms with Crippen molar-refractivity contribution in [2.75, 3.05) is 5.32 Å². The number of aliphatic hydroxyl groups is 1. The van der Waals surface area contributed by atoms with Gasteiger partial charge >= 0.3 is 5.97 Å². The van der Waals surface area contributed by atoms with E-state index in [4.69, 9.17) is 0 Å². The lowest BCUT2D eigenvalue weighted by Crippen LogP contribution is -2.32. The summed E-state index contributed by atoms with van der Waals surface area (Å²) in [7, 11) is 0. The van der Waals surface area contributed by atoms with Gasteiger partial charge in [-0.1, -0.05) is 18.2 Å². The van der Waals surface area contributed by atoms with Crippen LogP contribution in [0.4, 0.5) is 11.6 Å². The van der Waals surface area contributed by atoms with Crippen molar-refractivity contribution in [1.82, 2.24) is 19.6 Å². The smallest absolute Gasteiger partial charge is 0.335 e. The fourth-order valence-electron chi connectivity index (χ4n) is 4.84. The number of hydrogen-bond donors (Lipinski definition) is 3. The third-order valence-corrected chi connectivity index (χ3v) is 7.70. The van der Waals surface area contributed by atoms with E-state index in [1.54, 1.807) is 28.9 Å². The topological polar surface area (TPSA) is 113 Å². The Morgan fingerprint density at radius 3 is 2.89 bits per heavy atom. The molecule has 1 aliphatic rings. The molecule has 0 saturated heterocycles. The normalized spacial score (nSPS) is 17.2. The molecule has 1 aliphatic carbocycles. The maximum absolute atomic E-state index is 11.7. The Kier molecular flexibility index (Phi) is 5.31. The Hall–Kier alpha value is -4.08. The molecule has 5 aromatic rings. The predicted molar refractivity (Wildman–Crippen MR) is 138 cm³/mol. The van der Waals surface area contributed by atoms with Crippen molar-refractivity contribution in [2.24, 2.45) is 0 Å². The minimum Gasteiger partial charge on any atom is -0.478 e. The van der Waals surface area contributed by atoms with Gasteiger partial charge in [-0.2, -0.15) is 4.98 Å². The average Bonchev–Trinajstić information content (AvgIpc) is 3.51. The number of pyridine rings is 1. The lowest BCUT2D eigenvalue weighted by atomic mass is 9.79. The van der Waals surface area contributed by atoms with E-state index in [0.717, 1.165) is 51.3 Å². The van der Waals surface area contributed by atoms with Gasteiger partial charge in [-0.15, -0.1) is 16.4 Å². The van der Waals surface area contributed by atoms with Crippen LogP contribution in [0.1, 0.15) is 44.9 Å². The number of nitrogens with zero attached hydrogens (tertiary/aromatic N) is 4. The molecule has 180 valence electrons. The number of fused-ring (bicyclic) bond motifs is 2. The van der Waals surface area contributed by atoms with Crippen LogP contribution in [-0.4, -0.2) is 35.8 Å². The van der Waals surface area contributed by atoms with Crippen LogP contribution in [0.15, 0.2) is 67.0 Å². The third kappa shape index (κ3) is 3.92. The van der Waals surface area contributed by atoms with Crippen LogP contribution in [0, 0.1) is 6.92 Å². The zero-order valence-electron chi connectivity index (χ0n) is 19.5. The summed E-state index contributed by atoms with van der Waals surface area (Å²) in [6.07, 6.45) is 5.68. The molecule has 1 atom stereocenters. The van der Waals surface area contributed by atoms with E-state index < -0.39 is 11.6 Å². The number of aryl methyl sites for hydroxylation is 2. The first-order valence-electron chi connectivity index (χ1n) is 11.6. The Morgan fingerprint density at radius 2 is 2.06 bits per heavy atom. The molecule has 0 saturated carbocycles. The Labute approximate surface area is 210 Å². The average molecular weight is 498 g/mol. The molecule has 3 N–H and O–H groups in total. The molecule has 0 fully saturated rings. The zero-order chi connectivity index (χ0) is 24.9. The first kappa shape index (κ1) is 22.4. The molecule has 3 aromatic heterocycles. The van der Waals surface area contributed by atoms with E-state index in [1.165, 1.54) is 11.3 Å². The van der Waals surface area contributed by atoms with E-state index in [9.17, 15) is 15.0 Å². The number of aromatic carboxylic acids is 1. The second-order valence-electron chi connectivity index (χ2n) is 9.07. The van der Waals surface area contributed by atoms with Gasteiger partial charge in [0.05, 0.1) is 10.4 Å². The minimum absolute atomic E-state index is 0.234. The summed E-state index contributed by atoms with van der Waals surface area (Å²) < 4.78 is 1.72. The summed E-state index contributed by atoms with van der Waals surface area (Å²) in [6.45, 7) is 2.03. The summed E-state index contributed by atoms with van der Waals surface area (Å²) in [5.74, 6) is -0.456. The van der Waals surface area contributed by atoms with Crippen LogP contribution in [0.25, 0.3) is 16.1 Å². The van der Waals surface area contributed by atoms with E-state index in [2.05, 4.69) is 26.4 Å². The highest BCUT2D eigenvalue weighted by Crippen LogP contribution is 2.44. The van der Waals surface area contributed by atoms with Gasteiger partial charge in [-0.25, -0.2) is 14.3 Å². The van der Waals surface area contributed by atoms with Crippen molar-refractivity contribution in [2.45, 2.75) is 31.8 Å². The molecule has 2 aromatic carbocycles. The summed E-state index contributed by atoms with van der Waals surface area (Å²) in [4.78, 5) is 21.5. The Balaban J connectivity index is 1.32. The molecule has 0 bridgehead atoms. The summed E-state index contributed by atoms with van der Waals surface area (Å²) in [6, 6.07) is 16.8. The van der Waals surface area contributed by atoms with Gasteiger partial charge in [0.2, 0.25) is 5.95 Å². The molecule has 0 spiro atoms. The lowest BCUT2D eigenvalue weighted by molar-refractivity contribution is 0.0607. The quantitative estimate of drug-likeness (QED) is 0.307. The lowest BCUT2D eigenvalue weighted by Gasteiger charge is -2.33. The SMILES string of the molecule is Cc1cc(Nc2nc3ccccn3n2)cc(-c2cnc([C@]3(O)CCCc4cc(C(=O)O)ccc43)s2)c1. The fourth-order valence-corrected chi connectivity index (χ4v) is 5.87. The van der Waals surface area contributed by atoms with Crippen molar-refractivity contribution in [3.8, 4) is 10.4 Å². The van der Waals surface area contributed by atoms with Crippen molar-refractivity contribution in [3.63, 3.8) is 0 Å². The number of carboxylic acid groups (broad SMARTS) is 1. The maximum atomic E-state index is 11.7. The number of aromatic nitrogens is 4. The van der Waals surface area contributed by atoms with E-state index in [0.29, 0.717) is 17.4 Å². The van der Waals surface area contributed by atoms with E-state index in [-0.39, 0.29) is 5.56 Å². The zero-order valence-corrected chi connectivity index (χ0v) is 20.3. The van der Waals surface area contributed by atoms with E-state index in [1.807, 2.05) is 43.5 Å². The Morgan fingerprint density at radius 1 is 1.17 bits per heavy atom. The molecule has 0 amide bonds. The van der Waals surface area contributed by atoms with Gasteiger partial charge in [-0.05, 0) is 84.8 Å². The monoisotopic (exact) mass is 497 g/mol. The van der Waals surface area contributed by atoms with Crippen LogP contribution in [0.2, 0.25) is 0 Å². The minimum atomic E-state index is -1.24. The first-order chi connectivity index (χ1) is 17.4. The summed E-state index contributed by atoms with van der Waals surface area (Å²) in [5, 5.41) is 29.4. The number of rotatable bonds is 5. The maximum Gasteiger partial charge on any atom is 0.335 e. The molecular formula is C27H23N5O3S. The van der Waals surface area contributed by atoms with E-state index >= 15 is 0 Å². The van der Waals surface area contributed by atoms with Gasteiger partial charge in [0.1, 0.15) is 10.6 Å². The second-order valence-corrected chi connectivity index (χ2v) is 10.1. The van der Waals surface area contributed by atoms with Crippen molar-refractivity contribution < 1.29 is 15.0 Å². The Bertz CT molecular complexity index is 1590. The third-order valence-electron chi connectivity index (χ3n) is 6.50. The number of nitrogens with one attached hydrogen (secondary N) is 1. The highest BCUT2D eigenvalue weighted by molar-refractivity contribution is 7.15. The standard InChI is InChI=1S/C27H23N5O3S/c1-16-11-19(14-20(12-16)29-26-30-23-6-2-3-10-32(23)31-26)22-15-28-25(36-22)27(35)9-4-5-17-13-18(24(33)34)7-8-21(17)27/h2-3,6-8,10-15,35H,4-5,9H2,1H3,(H,29,31)(H,33,34)/t27-/m0/s1. The second kappa shape index (κ2) is 8.54. The van der Waals surface area contributed by atoms with Crippen LogP contribution in [-0.2, 0) is 12.0 Å². The van der Waals surface area contributed by atoms with Gasteiger partial charge < -0.3 is 15.5 Å². The molecule has 9 heteroatoms. The fraction of sp³-hybridized carbons (Fsp3) is 0.185. The van der Waals surface area contributed by atoms with Gasteiger partial charge in [0.25, 0.3) is 0 Å². The molecule has 8 nitrogen and oxygen atoms in total. The summed E-state index contributed by atoms with van der Waals surface area (Å²) >= 11 is 1.45. The number of hydrogen-bond acceptors (Lipinski definition) is 7. The number of carboxylic acids is 1. The van der Waals surface area contributed by atoms with Gasteiger partial charge in [0.15, 0.2) is 5.65 Å². The van der Waals surface area contributed by atoms with Crippen molar-refractivity contribution in [3.05, 3.63) is 94.3 Å². The van der Waals surface area contributed by atoms with Crippen LogP contribution in [0.3, 0.4) is 0 Å². The predicted octanol–water partition coefficient (Wildman–Crippen LogP) is 5.18. The summed E-state index contributed by atoms with van der Waals surface area (Å²) in [5.41, 5.74) is 4.26. The van der Waals surface area contributed by atoms with Crippen LogP contribution < -0.4 is 5.32 Å².